The van der Waals surface area contributed by atoms with E-state index in [9.17, 15) is 0 Å². The number of hydrogen-bond donors (Lipinski definition) is 2. The number of nitrogens with zero attached hydrogens (tertiary/aromatic N) is 4. The first kappa shape index (κ1) is 17.8. The third-order valence-electron chi connectivity index (χ3n) is 4.54. The Morgan fingerprint density at radius 1 is 1.39 bits per heavy atom. The molecule has 0 amide bonds. The molecule has 6 heteroatoms. The highest BCUT2D eigenvalue weighted by molar-refractivity contribution is 5.79. The van der Waals surface area contributed by atoms with Crippen molar-refractivity contribution >= 4 is 5.96 Å². The minimum absolute atomic E-state index is 0.739. The monoisotopic (exact) mass is 320 g/mol. The van der Waals surface area contributed by atoms with Gasteiger partial charge in [-0.2, -0.15) is 5.10 Å². The molecule has 0 aliphatic carbocycles. The van der Waals surface area contributed by atoms with Crippen LogP contribution in [-0.4, -0.2) is 60.4 Å². The number of guanidine groups is 1. The lowest BCUT2D eigenvalue weighted by Crippen LogP contribution is -2.40. The van der Waals surface area contributed by atoms with E-state index in [1.54, 1.807) is 0 Å². The van der Waals surface area contributed by atoms with E-state index in [0.29, 0.717) is 0 Å². The van der Waals surface area contributed by atoms with E-state index in [-0.39, 0.29) is 0 Å². The molecule has 1 unspecified atom stereocenters. The van der Waals surface area contributed by atoms with Crippen molar-refractivity contribution in [1.82, 2.24) is 25.3 Å². The quantitative estimate of drug-likeness (QED) is 0.453. The summed E-state index contributed by atoms with van der Waals surface area (Å²) < 4.78 is 2.07. The largest absolute Gasteiger partial charge is 0.356 e. The standard InChI is InChI=1S/C17H32N6/c1-5-22-10-7-16(13-22)12-20-17(18-4)19-8-6-9-23-15(3)11-14(2)21-23/h11,16H,5-10,12-13H2,1-4H3,(H2,18,19,20). The van der Waals surface area contributed by atoms with Gasteiger partial charge in [-0.3, -0.25) is 9.67 Å². The molecule has 6 nitrogen and oxygen atoms in total. The Labute approximate surface area is 140 Å². The van der Waals surface area contributed by atoms with Gasteiger partial charge in [-0.25, -0.2) is 0 Å². The summed E-state index contributed by atoms with van der Waals surface area (Å²) in [5.74, 6) is 1.65. The molecular formula is C17H32N6. The van der Waals surface area contributed by atoms with Crippen LogP contribution in [0.25, 0.3) is 0 Å². The fourth-order valence-corrected chi connectivity index (χ4v) is 3.17. The number of aliphatic imine (C=N–C) groups is 1. The van der Waals surface area contributed by atoms with Gasteiger partial charge in [-0.1, -0.05) is 6.92 Å². The highest BCUT2D eigenvalue weighted by Crippen LogP contribution is 2.14. The second-order valence-corrected chi connectivity index (χ2v) is 6.43. The van der Waals surface area contributed by atoms with Crippen LogP contribution in [0.4, 0.5) is 0 Å². The summed E-state index contributed by atoms with van der Waals surface area (Å²) in [5, 5.41) is 11.3. The second-order valence-electron chi connectivity index (χ2n) is 6.43. The van der Waals surface area contributed by atoms with Crippen molar-refractivity contribution in [2.75, 3.05) is 39.8 Å². The molecule has 1 aromatic rings. The van der Waals surface area contributed by atoms with Gasteiger partial charge in [0.25, 0.3) is 0 Å². The molecule has 1 saturated heterocycles. The lowest BCUT2D eigenvalue weighted by Gasteiger charge is -2.16. The number of rotatable bonds is 7. The molecule has 2 rings (SSSR count). The Balaban J connectivity index is 1.62. The maximum atomic E-state index is 4.49. The van der Waals surface area contributed by atoms with Crippen molar-refractivity contribution in [2.24, 2.45) is 10.9 Å². The minimum atomic E-state index is 0.739. The topological polar surface area (TPSA) is 57.5 Å². The number of aryl methyl sites for hydroxylation is 3. The van der Waals surface area contributed by atoms with Crippen LogP contribution < -0.4 is 10.6 Å². The third kappa shape index (κ3) is 5.53. The Morgan fingerprint density at radius 3 is 2.83 bits per heavy atom. The highest BCUT2D eigenvalue weighted by Gasteiger charge is 2.20. The number of hydrogen-bond acceptors (Lipinski definition) is 3. The number of likely N-dealkylation sites (tertiary alicyclic amines) is 1. The highest BCUT2D eigenvalue weighted by atomic mass is 15.3. The lowest BCUT2D eigenvalue weighted by atomic mass is 10.1. The van der Waals surface area contributed by atoms with Crippen LogP contribution in [0.15, 0.2) is 11.1 Å². The van der Waals surface area contributed by atoms with E-state index in [4.69, 9.17) is 0 Å². The van der Waals surface area contributed by atoms with Crippen molar-refractivity contribution in [3.63, 3.8) is 0 Å². The zero-order valence-corrected chi connectivity index (χ0v) is 15.1. The predicted octanol–water partition coefficient (Wildman–Crippen LogP) is 1.40. The maximum Gasteiger partial charge on any atom is 0.190 e. The number of aromatic nitrogens is 2. The van der Waals surface area contributed by atoms with Gasteiger partial charge >= 0.3 is 0 Å². The van der Waals surface area contributed by atoms with Gasteiger partial charge in [0.2, 0.25) is 0 Å². The average molecular weight is 320 g/mol. The lowest BCUT2D eigenvalue weighted by molar-refractivity contribution is 0.342. The molecule has 0 saturated carbocycles. The predicted molar refractivity (Wildman–Crippen MR) is 95.9 cm³/mol. The molecule has 1 aliphatic rings. The van der Waals surface area contributed by atoms with E-state index in [1.807, 2.05) is 14.0 Å². The van der Waals surface area contributed by atoms with Crippen LogP contribution in [0.2, 0.25) is 0 Å². The zero-order chi connectivity index (χ0) is 16.7. The van der Waals surface area contributed by atoms with Gasteiger partial charge in [0, 0.05) is 38.9 Å². The molecule has 0 spiro atoms. The summed E-state index contributed by atoms with van der Waals surface area (Å²) in [7, 11) is 1.84. The van der Waals surface area contributed by atoms with Gasteiger partial charge in [0.15, 0.2) is 5.96 Å². The van der Waals surface area contributed by atoms with Crippen LogP contribution in [0.1, 0.15) is 31.2 Å². The van der Waals surface area contributed by atoms with Crippen LogP contribution in [0.3, 0.4) is 0 Å². The molecule has 0 bridgehead atoms. The Kier molecular flexibility index (Phi) is 6.89. The van der Waals surface area contributed by atoms with E-state index in [0.717, 1.165) is 50.2 Å². The Hall–Kier alpha value is -1.56. The molecule has 1 fully saturated rings. The van der Waals surface area contributed by atoms with Gasteiger partial charge in [0.05, 0.1) is 5.69 Å². The summed E-state index contributed by atoms with van der Waals surface area (Å²) in [5.41, 5.74) is 2.32. The molecule has 1 atom stereocenters. The normalized spacial score (nSPS) is 19.3. The molecule has 2 N–H and O–H groups in total. The summed E-state index contributed by atoms with van der Waals surface area (Å²) in [6, 6.07) is 2.12. The second kappa shape index (κ2) is 8.91. The first-order valence-corrected chi connectivity index (χ1v) is 8.80. The van der Waals surface area contributed by atoms with E-state index >= 15 is 0 Å². The Morgan fingerprint density at radius 2 is 2.22 bits per heavy atom. The molecule has 1 aliphatic heterocycles. The van der Waals surface area contributed by atoms with Crippen molar-refractivity contribution < 1.29 is 0 Å². The molecule has 2 heterocycles. The van der Waals surface area contributed by atoms with Crippen LogP contribution in [0, 0.1) is 19.8 Å². The summed E-state index contributed by atoms with van der Waals surface area (Å²) in [6.07, 6.45) is 2.32. The smallest absolute Gasteiger partial charge is 0.190 e. The van der Waals surface area contributed by atoms with Crippen LogP contribution >= 0.6 is 0 Å². The van der Waals surface area contributed by atoms with Crippen LogP contribution in [0.5, 0.6) is 0 Å². The minimum Gasteiger partial charge on any atom is -0.356 e. The summed E-state index contributed by atoms with van der Waals surface area (Å²) in [6.45, 7) is 12.8. The number of nitrogens with one attached hydrogen (secondary N) is 2. The van der Waals surface area contributed by atoms with E-state index in [2.05, 4.69) is 50.2 Å². The van der Waals surface area contributed by atoms with E-state index in [1.165, 1.54) is 25.2 Å². The first-order chi connectivity index (χ1) is 11.1. The van der Waals surface area contributed by atoms with Crippen molar-refractivity contribution in [1.29, 1.82) is 0 Å². The van der Waals surface area contributed by atoms with Crippen molar-refractivity contribution in [2.45, 2.75) is 40.2 Å². The molecular weight excluding hydrogens is 288 g/mol. The molecule has 23 heavy (non-hydrogen) atoms. The van der Waals surface area contributed by atoms with E-state index < -0.39 is 0 Å². The van der Waals surface area contributed by atoms with Gasteiger partial charge in [-0.15, -0.1) is 0 Å². The Bertz CT molecular complexity index is 507. The molecule has 0 radical (unpaired) electrons. The van der Waals surface area contributed by atoms with Crippen LogP contribution in [-0.2, 0) is 6.54 Å². The fraction of sp³-hybridized carbons (Fsp3) is 0.765. The SMILES string of the molecule is CCN1CCC(CNC(=NC)NCCCn2nc(C)cc2C)C1. The van der Waals surface area contributed by atoms with Gasteiger partial charge < -0.3 is 15.5 Å². The average Bonchev–Trinajstić information content (AvgIpc) is 3.12. The first-order valence-electron chi connectivity index (χ1n) is 8.80. The molecule has 130 valence electrons. The molecule has 1 aromatic heterocycles. The maximum absolute atomic E-state index is 4.49. The summed E-state index contributed by atoms with van der Waals surface area (Å²) in [4.78, 5) is 6.82. The van der Waals surface area contributed by atoms with Crippen molar-refractivity contribution in [3.05, 3.63) is 17.5 Å². The zero-order valence-electron chi connectivity index (χ0n) is 15.1. The fourth-order valence-electron chi connectivity index (χ4n) is 3.17. The van der Waals surface area contributed by atoms with Gasteiger partial charge in [-0.05, 0) is 51.8 Å². The van der Waals surface area contributed by atoms with Crippen molar-refractivity contribution in [3.8, 4) is 0 Å². The van der Waals surface area contributed by atoms with Gasteiger partial charge in [0.1, 0.15) is 0 Å². The molecule has 0 aromatic carbocycles. The summed E-state index contributed by atoms with van der Waals surface area (Å²) >= 11 is 0. The third-order valence-corrected chi connectivity index (χ3v) is 4.54.